The molecular formula is C29H27N5O10. The summed E-state index contributed by atoms with van der Waals surface area (Å²) in [5.74, 6) is -3.48. The van der Waals surface area contributed by atoms with Crippen LogP contribution in [0.25, 0.3) is 5.78 Å². The zero-order chi connectivity index (χ0) is 31.4. The van der Waals surface area contributed by atoms with E-state index >= 15 is 0 Å². The molecule has 3 heterocycles. The molecule has 3 atom stereocenters. The second-order valence-corrected chi connectivity index (χ2v) is 9.80. The van der Waals surface area contributed by atoms with Crippen LogP contribution in [0.5, 0.6) is 0 Å². The maximum atomic E-state index is 13.0. The Labute approximate surface area is 249 Å². The normalized spacial score (nSPS) is 18.8. The summed E-state index contributed by atoms with van der Waals surface area (Å²) in [6, 6.07) is 16.1. The van der Waals surface area contributed by atoms with Crippen LogP contribution in [0.15, 0.2) is 77.9 Å². The number of ether oxygens (including phenoxy) is 5. The lowest BCUT2D eigenvalue weighted by atomic mass is 9.96. The van der Waals surface area contributed by atoms with Crippen LogP contribution >= 0.6 is 0 Å². The number of nitrogens with zero attached hydrogens (tertiary/aromatic N) is 4. The van der Waals surface area contributed by atoms with E-state index in [4.69, 9.17) is 29.4 Å². The van der Waals surface area contributed by atoms with E-state index in [0.29, 0.717) is 0 Å². The minimum atomic E-state index is -1.93. The first-order valence-corrected chi connectivity index (χ1v) is 13.3. The van der Waals surface area contributed by atoms with Gasteiger partial charge in [0.1, 0.15) is 13.2 Å². The number of carbonyl (C=O) groups excluding carboxylic acids is 4. The number of rotatable bonds is 9. The van der Waals surface area contributed by atoms with Crippen molar-refractivity contribution in [1.82, 2.24) is 18.9 Å². The molecule has 1 fully saturated rings. The Kier molecular flexibility index (Phi) is 8.39. The Morgan fingerprint density at radius 2 is 1.39 bits per heavy atom. The first-order chi connectivity index (χ1) is 21.1. The molecule has 0 saturated carbocycles. The van der Waals surface area contributed by atoms with Crippen LogP contribution in [-0.4, -0.2) is 73.8 Å². The first kappa shape index (κ1) is 29.9. The zero-order valence-corrected chi connectivity index (χ0v) is 23.5. The molecule has 2 aromatic heterocycles. The van der Waals surface area contributed by atoms with Gasteiger partial charge < -0.3 is 29.4 Å². The smallest absolute Gasteiger partial charge is 0.357 e. The van der Waals surface area contributed by atoms with Gasteiger partial charge in [0.2, 0.25) is 11.7 Å². The Morgan fingerprint density at radius 3 is 1.91 bits per heavy atom. The molecule has 0 bridgehead atoms. The van der Waals surface area contributed by atoms with Crippen LogP contribution in [0.1, 0.15) is 40.8 Å². The zero-order valence-electron chi connectivity index (χ0n) is 23.5. The molecule has 2 N–H and O–H groups in total. The van der Waals surface area contributed by atoms with E-state index in [-0.39, 0.29) is 22.9 Å². The minimum Gasteiger partial charge on any atom is -0.459 e. The van der Waals surface area contributed by atoms with Gasteiger partial charge in [0.05, 0.1) is 11.1 Å². The molecule has 3 unspecified atom stereocenters. The van der Waals surface area contributed by atoms with Gasteiger partial charge in [-0.25, -0.2) is 18.8 Å². The lowest BCUT2D eigenvalue weighted by molar-refractivity contribution is -0.178. The van der Waals surface area contributed by atoms with E-state index in [1.807, 2.05) is 0 Å². The number of nitrogen functional groups attached to an aromatic ring is 1. The topological polar surface area (TPSA) is 193 Å². The van der Waals surface area contributed by atoms with Crippen molar-refractivity contribution >= 4 is 35.6 Å². The molecule has 4 aromatic rings. The van der Waals surface area contributed by atoms with Gasteiger partial charge in [-0.15, -0.1) is 0 Å². The highest BCUT2D eigenvalue weighted by Gasteiger charge is 2.61. The fourth-order valence-corrected chi connectivity index (χ4v) is 4.80. The molecule has 5 rings (SSSR count). The number of benzene rings is 2. The number of carbonyl (C=O) groups is 4. The number of anilines is 1. The highest BCUT2D eigenvalue weighted by molar-refractivity contribution is 5.90. The SMILES string of the molecule is CC(=O)OC1C(n2ccn3c(=O)nc(N)nc23)OC(COC(=O)c2ccccc2)(COC(=O)c2ccccc2)C1OC(C)=O. The third kappa shape index (κ3) is 6.12. The van der Waals surface area contributed by atoms with Gasteiger partial charge in [-0.3, -0.25) is 14.2 Å². The monoisotopic (exact) mass is 605 g/mol. The summed E-state index contributed by atoms with van der Waals surface area (Å²) in [6.07, 6.45) is -1.54. The molecule has 228 valence electrons. The van der Waals surface area contributed by atoms with E-state index in [1.165, 1.54) is 41.2 Å². The largest absolute Gasteiger partial charge is 0.459 e. The molecule has 2 aromatic carbocycles. The lowest BCUT2D eigenvalue weighted by Crippen LogP contribution is -2.53. The summed E-state index contributed by atoms with van der Waals surface area (Å²) in [7, 11) is 0. The third-order valence-electron chi connectivity index (χ3n) is 6.69. The second kappa shape index (κ2) is 12.3. The Morgan fingerprint density at radius 1 is 0.841 bits per heavy atom. The number of hydrogen-bond donors (Lipinski definition) is 1. The van der Waals surface area contributed by atoms with Crippen molar-refractivity contribution in [1.29, 1.82) is 0 Å². The van der Waals surface area contributed by atoms with Gasteiger partial charge >= 0.3 is 29.6 Å². The van der Waals surface area contributed by atoms with Crippen LogP contribution in [0.2, 0.25) is 0 Å². The van der Waals surface area contributed by atoms with Crippen molar-refractivity contribution in [2.24, 2.45) is 0 Å². The average molecular weight is 606 g/mol. The number of hydrogen-bond acceptors (Lipinski definition) is 13. The van der Waals surface area contributed by atoms with Crippen molar-refractivity contribution in [3.8, 4) is 0 Å². The van der Waals surface area contributed by atoms with E-state index in [1.54, 1.807) is 36.4 Å². The number of nitrogens with two attached hydrogens (primary N) is 1. The Bertz CT molecular complexity index is 1700. The van der Waals surface area contributed by atoms with Crippen molar-refractivity contribution in [3.05, 3.63) is 94.7 Å². The summed E-state index contributed by atoms with van der Waals surface area (Å²) >= 11 is 0. The van der Waals surface area contributed by atoms with E-state index in [0.717, 1.165) is 18.2 Å². The molecule has 44 heavy (non-hydrogen) atoms. The summed E-state index contributed by atoms with van der Waals surface area (Å²) in [4.78, 5) is 70.9. The summed E-state index contributed by atoms with van der Waals surface area (Å²) in [5, 5.41) is 0. The molecule has 1 saturated heterocycles. The average Bonchev–Trinajstić information content (AvgIpc) is 3.54. The van der Waals surface area contributed by atoms with Gasteiger partial charge in [0, 0.05) is 26.2 Å². The Balaban J connectivity index is 1.59. The highest BCUT2D eigenvalue weighted by Crippen LogP contribution is 2.42. The first-order valence-electron chi connectivity index (χ1n) is 13.3. The molecule has 0 amide bonds. The number of fused-ring (bicyclic) bond motifs is 1. The fraction of sp³-hybridized carbons (Fsp3) is 0.276. The number of esters is 4. The van der Waals surface area contributed by atoms with Gasteiger partial charge in [0.25, 0.3) is 0 Å². The summed E-state index contributed by atoms with van der Waals surface area (Å²) < 4.78 is 31.3. The van der Waals surface area contributed by atoms with Gasteiger partial charge in [-0.2, -0.15) is 9.97 Å². The molecule has 0 radical (unpaired) electrons. The molecule has 0 aliphatic carbocycles. The van der Waals surface area contributed by atoms with Gasteiger partial charge in [-0.1, -0.05) is 36.4 Å². The lowest BCUT2D eigenvalue weighted by Gasteiger charge is -2.33. The molecule has 15 nitrogen and oxygen atoms in total. The molecule has 0 spiro atoms. The quantitative estimate of drug-likeness (QED) is 0.212. The standard InChI is InChI=1S/C29H27N5O10/c1-17(35)42-21-22(43-18(2)36)29(15-40-24(37)19-9-5-3-6-10-19,16-41-25(38)20-11-7-4-8-12-20)44-23(21)33-13-14-34-27(33)31-26(30)32-28(34)39/h3-14,21-23H,15-16H2,1-2H3,(H2,30,32,39). The molecular weight excluding hydrogens is 578 g/mol. The number of aromatic nitrogens is 4. The van der Waals surface area contributed by atoms with Crippen molar-refractivity contribution in [2.75, 3.05) is 18.9 Å². The molecule has 15 heteroatoms. The second-order valence-electron chi connectivity index (χ2n) is 9.80. The van der Waals surface area contributed by atoms with Crippen LogP contribution in [0, 0.1) is 0 Å². The van der Waals surface area contributed by atoms with Crippen molar-refractivity contribution < 1.29 is 42.9 Å². The molecule has 1 aliphatic rings. The van der Waals surface area contributed by atoms with Crippen LogP contribution < -0.4 is 11.4 Å². The predicted molar refractivity (Wildman–Crippen MR) is 149 cm³/mol. The van der Waals surface area contributed by atoms with Crippen molar-refractivity contribution in [2.45, 2.75) is 37.9 Å². The highest BCUT2D eigenvalue weighted by atomic mass is 16.7. The van der Waals surface area contributed by atoms with Crippen LogP contribution in [-0.2, 0) is 33.3 Å². The maximum absolute atomic E-state index is 13.0. The van der Waals surface area contributed by atoms with Crippen LogP contribution in [0.3, 0.4) is 0 Å². The maximum Gasteiger partial charge on any atom is 0.357 e. The van der Waals surface area contributed by atoms with Gasteiger partial charge in [0.15, 0.2) is 24.0 Å². The predicted octanol–water partition coefficient (Wildman–Crippen LogP) is 1.32. The number of imidazole rings is 1. The van der Waals surface area contributed by atoms with Crippen LogP contribution in [0.4, 0.5) is 5.95 Å². The van der Waals surface area contributed by atoms with E-state index in [2.05, 4.69) is 9.97 Å². The minimum absolute atomic E-state index is 0.0513. The fourth-order valence-electron chi connectivity index (χ4n) is 4.80. The van der Waals surface area contributed by atoms with E-state index in [9.17, 15) is 24.0 Å². The van der Waals surface area contributed by atoms with E-state index < -0.39 is 66.8 Å². The summed E-state index contributed by atoms with van der Waals surface area (Å²) in [6.45, 7) is 1.01. The summed E-state index contributed by atoms with van der Waals surface area (Å²) in [5.41, 5.74) is 3.48. The Hall–Kier alpha value is -5.57. The third-order valence-corrected chi connectivity index (χ3v) is 6.69. The molecule has 1 aliphatic heterocycles. The van der Waals surface area contributed by atoms with Crippen molar-refractivity contribution in [3.63, 3.8) is 0 Å². The van der Waals surface area contributed by atoms with Gasteiger partial charge in [-0.05, 0) is 24.3 Å².